The number of nitrogens with one attached hydrogen (secondary N) is 1. The number of aliphatic imine (C=N–C) groups is 1. The molecule has 0 aliphatic carbocycles. The van der Waals surface area contributed by atoms with Gasteiger partial charge in [0, 0.05) is 6.54 Å². The van der Waals surface area contributed by atoms with E-state index in [2.05, 4.69) is 16.9 Å². The maximum atomic E-state index is 13.4. The van der Waals surface area contributed by atoms with Crippen molar-refractivity contribution in [3.05, 3.63) is 42.2 Å². The number of nitrogens with two attached hydrogens (primary N) is 1. The van der Waals surface area contributed by atoms with Gasteiger partial charge in [-0.15, -0.1) is 24.0 Å². The zero-order valence-electron chi connectivity index (χ0n) is 11.7. The molecule has 0 spiro atoms. The number of rotatable bonds is 6. The molecule has 0 saturated heterocycles. The highest BCUT2D eigenvalue weighted by atomic mass is 127. The average molecular weight is 393 g/mol. The first-order valence-electron chi connectivity index (χ1n) is 6.08. The fraction of sp³-hybridized carbons (Fsp3) is 0.357. The van der Waals surface area contributed by atoms with Crippen molar-refractivity contribution in [1.29, 1.82) is 0 Å². The lowest BCUT2D eigenvalue weighted by atomic mass is 10.3. The third kappa shape index (κ3) is 7.32. The third-order valence-corrected chi connectivity index (χ3v) is 2.25. The van der Waals surface area contributed by atoms with Crippen LogP contribution in [0.25, 0.3) is 0 Å². The Labute approximate surface area is 136 Å². The Morgan fingerprint density at radius 1 is 1.50 bits per heavy atom. The van der Waals surface area contributed by atoms with Crippen molar-refractivity contribution in [3.8, 4) is 5.75 Å². The first-order valence-corrected chi connectivity index (χ1v) is 6.08. The molecule has 0 bridgehead atoms. The fourth-order valence-electron chi connectivity index (χ4n) is 1.32. The number of halogens is 2. The number of hydrogen-bond acceptors (Lipinski definition) is 2. The van der Waals surface area contributed by atoms with Gasteiger partial charge in [0.25, 0.3) is 0 Å². The lowest BCUT2D eigenvalue weighted by Crippen LogP contribution is -2.33. The minimum atomic E-state index is -0.383. The number of ether oxygens (including phenoxy) is 1. The summed E-state index contributed by atoms with van der Waals surface area (Å²) in [5.74, 6) is 0.164. The molecule has 1 aromatic carbocycles. The van der Waals surface area contributed by atoms with Gasteiger partial charge in [0.1, 0.15) is 6.10 Å². The van der Waals surface area contributed by atoms with Crippen LogP contribution in [0.4, 0.5) is 4.39 Å². The van der Waals surface area contributed by atoms with Crippen LogP contribution in [0.15, 0.2) is 41.4 Å². The van der Waals surface area contributed by atoms with E-state index in [0.29, 0.717) is 19.0 Å². The van der Waals surface area contributed by atoms with Gasteiger partial charge >= 0.3 is 0 Å². The molecule has 20 heavy (non-hydrogen) atoms. The molecule has 1 rings (SSSR count). The molecule has 0 amide bonds. The van der Waals surface area contributed by atoms with Crippen LogP contribution in [0.5, 0.6) is 5.75 Å². The van der Waals surface area contributed by atoms with Gasteiger partial charge in [0.05, 0.1) is 6.54 Å². The molecule has 0 heterocycles. The number of hydrogen-bond donors (Lipinski definition) is 2. The summed E-state index contributed by atoms with van der Waals surface area (Å²) in [6.45, 7) is 8.38. The Morgan fingerprint density at radius 2 is 2.15 bits per heavy atom. The first-order chi connectivity index (χ1) is 8.99. The zero-order chi connectivity index (χ0) is 14.3. The van der Waals surface area contributed by atoms with Crippen molar-refractivity contribution >= 4 is 29.9 Å². The van der Waals surface area contributed by atoms with Crippen LogP contribution in [0, 0.1) is 5.82 Å². The van der Waals surface area contributed by atoms with Crippen LogP contribution in [0.1, 0.15) is 13.8 Å². The highest BCUT2D eigenvalue weighted by Gasteiger charge is 2.07. The predicted molar refractivity (Wildman–Crippen MR) is 91.2 cm³/mol. The molecular formula is C14H21FIN3O. The topological polar surface area (TPSA) is 59.6 Å². The number of guanidine groups is 1. The average Bonchev–Trinajstić information content (AvgIpc) is 2.36. The number of benzene rings is 1. The molecule has 0 saturated carbocycles. The van der Waals surface area contributed by atoms with Gasteiger partial charge < -0.3 is 15.8 Å². The molecule has 1 atom stereocenters. The van der Waals surface area contributed by atoms with Gasteiger partial charge in [0.15, 0.2) is 17.5 Å². The van der Waals surface area contributed by atoms with Gasteiger partial charge in [-0.3, -0.25) is 0 Å². The quantitative estimate of drug-likeness (QED) is 0.338. The monoisotopic (exact) mass is 393 g/mol. The van der Waals surface area contributed by atoms with Gasteiger partial charge in [-0.05, 0) is 26.0 Å². The van der Waals surface area contributed by atoms with E-state index in [-0.39, 0.29) is 41.6 Å². The molecule has 6 heteroatoms. The van der Waals surface area contributed by atoms with Crippen LogP contribution in [0.3, 0.4) is 0 Å². The van der Waals surface area contributed by atoms with Crippen molar-refractivity contribution in [3.63, 3.8) is 0 Å². The Balaban J connectivity index is 0.00000361. The van der Waals surface area contributed by atoms with Crippen LogP contribution < -0.4 is 15.8 Å². The lowest BCUT2D eigenvalue weighted by molar-refractivity contribution is 0.220. The molecule has 0 aromatic heterocycles. The standard InChI is InChI=1S/C14H20FN3O.HI/c1-10(2)8-17-14(16)18-9-11(3)19-13-7-5-4-6-12(13)15;/h4-7,11H,1,8-9H2,2-3H3,(H3,16,17,18);1H. The maximum Gasteiger partial charge on any atom is 0.188 e. The Morgan fingerprint density at radius 3 is 2.75 bits per heavy atom. The van der Waals surface area contributed by atoms with E-state index < -0.39 is 0 Å². The molecular weight excluding hydrogens is 372 g/mol. The maximum absolute atomic E-state index is 13.4. The summed E-state index contributed by atoms with van der Waals surface area (Å²) in [5, 5.41) is 2.91. The van der Waals surface area contributed by atoms with E-state index in [1.807, 2.05) is 13.8 Å². The SMILES string of the molecule is C=C(C)CNC(N)=NCC(C)Oc1ccccc1F.I. The van der Waals surface area contributed by atoms with Crippen LogP contribution >= 0.6 is 24.0 Å². The second-order valence-electron chi connectivity index (χ2n) is 4.40. The molecule has 3 N–H and O–H groups in total. The summed E-state index contributed by atoms with van der Waals surface area (Å²) >= 11 is 0. The molecule has 1 aromatic rings. The highest BCUT2D eigenvalue weighted by Crippen LogP contribution is 2.16. The summed E-state index contributed by atoms with van der Waals surface area (Å²) in [6, 6.07) is 6.27. The van der Waals surface area contributed by atoms with Gasteiger partial charge in [-0.25, -0.2) is 9.38 Å². The van der Waals surface area contributed by atoms with E-state index in [4.69, 9.17) is 10.5 Å². The largest absolute Gasteiger partial charge is 0.486 e. The van der Waals surface area contributed by atoms with Crippen molar-refractivity contribution in [2.45, 2.75) is 20.0 Å². The van der Waals surface area contributed by atoms with E-state index in [0.717, 1.165) is 5.57 Å². The van der Waals surface area contributed by atoms with Crippen molar-refractivity contribution in [2.24, 2.45) is 10.7 Å². The summed E-state index contributed by atoms with van der Waals surface area (Å²) in [6.07, 6.45) is -0.262. The van der Waals surface area contributed by atoms with Crippen molar-refractivity contribution in [1.82, 2.24) is 5.32 Å². The second-order valence-corrected chi connectivity index (χ2v) is 4.40. The van der Waals surface area contributed by atoms with Crippen LogP contribution in [0.2, 0.25) is 0 Å². The Bertz CT molecular complexity index is 465. The predicted octanol–water partition coefficient (Wildman–Crippen LogP) is 2.69. The second kappa shape index (κ2) is 9.57. The summed E-state index contributed by atoms with van der Waals surface area (Å²) < 4.78 is 18.8. The lowest BCUT2D eigenvalue weighted by Gasteiger charge is -2.13. The minimum Gasteiger partial charge on any atom is -0.486 e. The van der Waals surface area contributed by atoms with Crippen molar-refractivity contribution in [2.75, 3.05) is 13.1 Å². The van der Waals surface area contributed by atoms with E-state index in [1.54, 1.807) is 18.2 Å². The summed E-state index contributed by atoms with van der Waals surface area (Å²) in [7, 11) is 0. The summed E-state index contributed by atoms with van der Waals surface area (Å²) in [5.41, 5.74) is 6.63. The van der Waals surface area contributed by atoms with E-state index >= 15 is 0 Å². The molecule has 1 unspecified atom stereocenters. The third-order valence-electron chi connectivity index (χ3n) is 2.25. The summed E-state index contributed by atoms with van der Waals surface area (Å²) in [4.78, 5) is 4.12. The normalized spacial score (nSPS) is 12.2. The molecule has 0 radical (unpaired) electrons. The number of nitrogens with zero attached hydrogens (tertiary/aromatic N) is 1. The molecule has 4 nitrogen and oxygen atoms in total. The molecule has 0 aliphatic rings. The van der Waals surface area contributed by atoms with E-state index in [1.165, 1.54) is 6.07 Å². The molecule has 112 valence electrons. The number of para-hydroxylation sites is 1. The Kier molecular flexibility index (Phi) is 8.94. The minimum absolute atomic E-state index is 0. The highest BCUT2D eigenvalue weighted by molar-refractivity contribution is 14.0. The van der Waals surface area contributed by atoms with Crippen molar-refractivity contribution < 1.29 is 9.13 Å². The van der Waals surface area contributed by atoms with Crippen LogP contribution in [-0.4, -0.2) is 25.2 Å². The fourth-order valence-corrected chi connectivity index (χ4v) is 1.32. The van der Waals surface area contributed by atoms with Gasteiger partial charge in [0.2, 0.25) is 0 Å². The van der Waals surface area contributed by atoms with Crippen LogP contribution in [-0.2, 0) is 0 Å². The molecule has 0 aliphatic heterocycles. The molecule has 0 fully saturated rings. The smallest absolute Gasteiger partial charge is 0.188 e. The Hall–Kier alpha value is -1.31. The first kappa shape index (κ1) is 18.7. The van der Waals surface area contributed by atoms with Gasteiger partial charge in [-0.2, -0.15) is 0 Å². The van der Waals surface area contributed by atoms with Gasteiger partial charge in [-0.1, -0.05) is 24.3 Å². The zero-order valence-corrected chi connectivity index (χ0v) is 14.1. The van der Waals surface area contributed by atoms with E-state index in [9.17, 15) is 4.39 Å².